The Morgan fingerprint density at radius 3 is 2.58 bits per heavy atom. The summed E-state index contributed by atoms with van der Waals surface area (Å²) in [6, 6.07) is 5.63. The fourth-order valence-electron chi connectivity index (χ4n) is 1.49. The SMILES string of the molecule is C[S+](c1cn(-c2ccc(Cl)cc2Br)nn1)C(C)(C)C. The van der Waals surface area contributed by atoms with E-state index in [1.165, 1.54) is 0 Å². The van der Waals surface area contributed by atoms with E-state index in [2.05, 4.69) is 53.3 Å². The van der Waals surface area contributed by atoms with Crippen LogP contribution in [-0.2, 0) is 10.9 Å². The molecule has 1 aromatic heterocycles. The number of aromatic nitrogens is 3. The number of hydrogen-bond donors (Lipinski definition) is 0. The Hall–Kier alpha value is -0.520. The lowest BCUT2D eigenvalue weighted by Crippen LogP contribution is -2.27. The zero-order valence-corrected chi connectivity index (χ0v) is 14.5. The van der Waals surface area contributed by atoms with Gasteiger partial charge in [0.05, 0.1) is 5.69 Å². The first-order chi connectivity index (χ1) is 8.79. The van der Waals surface area contributed by atoms with Crippen LogP contribution in [0.2, 0.25) is 5.02 Å². The largest absolute Gasteiger partial charge is 0.285 e. The van der Waals surface area contributed by atoms with E-state index in [4.69, 9.17) is 11.6 Å². The van der Waals surface area contributed by atoms with Gasteiger partial charge in [0, 0.05) is 20.4 Å². The van der Waals surface area contributed by atoms with Crippen LogP contribution in [0.25, 0.3) is 5.69 Å². The van der Waals surface area contributed by atoms with Crippen molar-refractivity contribution in [3.63, 3.8) is 0 Å². The van der Waals surface area contributed by atoms with Crippen LogP contribution in [0.4, 0.5) is 0 Å². The third-order valence-electron chi connectivity index (χ3n) is 2.86. The molecule has 6 heteroatoms. The van der Waals surface area contributed by atoms with E-state index in [9.17, 15) is 0 Å². The lowest BCUT2D eigenvalue weighted by Gasteiger charge is -2.14. The van der Waals surface area contributed by atoms with E-state index in [1.807, 2.05) is 24.4 Å². The van der Waals surface area contributed by atoms with E-state index >= 15 is 0 Å². The zero-order chi connectivity index (χ0) is 14.2. The molecule has 3 nitrogen and oxygen atoms in total. The Labute approximate surface area is 129 Å². The molecule has 1 heterocycles. The van der Waals surface area contributed by atoms with E-state index < -0.39 is 0 Å². The van der Waals surface area contributed by atoms with Crippen LogP contribution in [0.1, 0.15) is 20.8 Å². The van der Waals surface area contributed by atoms with Crippen LogP contribution < -0.4 is 0 Å². The maximum Gasteiger partial charge on any atom is 0.285 e. The summed E-state index contributed by atoms with van der Waals surface area (Å²) in [5.41, 5.74) is 0.939. The fourth-order valence-corrected chi connectivity index (χ4v) is 3.40. The van der Waals surface area contributed by atoms with Crippen LogP contribution in [0.15, 0.2) is 33.9 Å². The van der Waals surface area contributed by atoms with Crippen molar-refractivity contribution in [1.29, 1.82) is 0 Å². The van der Waals surface area contributed by atoms with Crippen LogP contribution in [-0.4, -0.2) is 26.0 Å². The van der Waals surface area contributed by atoms with E-state index in [1.54, 1.807) is 4.68 Å². The van der Waals surface area contributed by atoms with Crippen LogP contribution in [0.5, 0.6) is 0 Å². The van der Waals surface area contributed by atoms with Gasteiger partial charge in [-0.2, -0.15) is 0 Å². The van der Waals surface area contributed by atoms with Gasteiger partial charge in [0.25, 0.3) is 5.03 Å². The van der Waals surface area contributed by atoms with Crippen molar-refractivity contribution >= 4 is 38.4 Å². The van der Waals surface area contributed by atoms with Crippen molar-refractivity contribution in [3.05, 3.63) is 33.9 Å². The smallest absolute Gasteiger partial charge is 0.214 e. The molecule has 1 unspecified atom stereocenters. The van der Waals surface area contributed by atoms with Gasteiger partial charge in [-0.1, -0.05) is 21.9 Å². The zero-order valence-electron chi connectivity index (χ0n) is 11.3. The van der Waals surface area contributed by atoms with Gasteiger partial charge in [-0.15, -0.1) is 0 Å². The monoisotopic (exact) mass is 360 g/mol. The van der Waals surface area contributed by atoms with Crippen molar-refractivity contribution in [2.75, 3.05) is 6.26 Å². The van der Waals surface area contributed by atoms with Crippen molar-refractivity contribution in [3.8, 4) is 5.69 Å². The van der Waals surface area contributed by atoms with Crippen LogP contribution >= 0.6 is 27.5 Å². The predicted molar refractivity (Wildman–Crippen MR) is 85.4 cm³/mol. The Kier molecular flexibility index (Phi) is 4.28. The summed E-state index contributed by atoms with van der Waals surface area (Å²) in [7, 11) is 0.0495. The van der Waals surface area contributed by atoms with E-state index in [-0.39, 0.29) is 15.6 Å². The van der Waals surface area contributed by atoms with Crippen molar-refractivity contribution < 1.29 is 0 Å². The minimum absolute atomic E-state index is 0.0495. The summed E-state index contributed by atoms with van der Waals surface area (Å²) in [6.07, 6.45) is 4.19. The molecule has 0 N–H and O–H groups in total. The molecule has 0 bridgehead atoms. The number of hydrogen-bond acceptors (Lipinski definition) is 2. The lowest BCUT2D eigenvalue weighted by molar-refractivity contribution is 0.777. The number of rotatable bonds is 2. The fraction of sp³-hybridized carbons (Fsp3) is 0.385. The molecule has 0 aliphatic heterocycles. The van der Waals surface area contributed by atoms with Crippen LogP contribution in [0.3, 0.4) is 0 Å². The highest BCUT2D eigenvalue weighted by Crippen LogP contribution is 2.27. The van der Waals surface area contributed by atoms with Gasteiger partial charge in [0.2, 0.25) is 0 Å². The van der Waals surface area contributed by atoms with Gasteiger partial charge >= 0.3 is 0 Å². The highest BCUT2D eigenvalue weighted by molar-refractivity contribution is 9.10. The molecule has 102 valence electrons. The first-order valence-electron chi connectivity index (χ1n) is 5.83. The molecule has 0 aliphatic rings. The second-order valence-corrected chi connectivity index (χ2v) is 9.17. The molecule has 1 atom stereocenters. The molecule has 2 rings (SSSR count). The molecule has 0 saturated heterocycles. The molecule has 19 heavy (non-hydrogen) atoms. The molecule has 1 aromatic carbocycles. The summed E-state index contributed by atoms with van der Waals surface area (Å²) >= 11 is 9.44. The van der Waals surface area contributed by atoms with E-state index in [0.717, 1.165) is 15.2 Å². The maximum absolute atomic E-state index is 5.95. The quantitative estimate of drug-likeness (QED) is 0.754. The van der Waals surface area contributed by atoms with Crippen molar-refractivity contribution in [2.45, 2.75) is 30.5 Å². The first kappa shape index (κ1) is 14.9. The van der Waals surface area contributed by atoms with Crippen molar-refractivity contribution in [2.24, 2.45) is 0 Å². The van der Waals surface area contributed by atoms with Gasteiger partial charge in [-0.3, -0.25) is 0 Å². The average molecular weight is 362 g/mol. The Morgan fingerprint density at radius 2 is 2.00 bits per heavy atom. The molecule has 0 aliphatic carbocycles. The summed E-state index contributed by atoms with van der Waals surface area (Å²) in [4.78, 5) is 0. The Morgan fingerprint density at radius 1 is 1.32 bits per heavy atom. The third-order valence-corrected chi connectivity index (χ3v) is 6.38. The highest BCUT2D eigenvalue weighted by atomic mass is 79.9. The summed E-state index contributed by atoms with van der Waals surface area (Å²) in [5.74, 6) is 0. The molecule has 0 fully saturated rings. The molecule has 0 amide bonds. The average Bonchev–Trinajstić information content (AvgIpc) is 2.75. The minimum Gasteiger partial charge on any atom is -0.214 e. The molecule has 0 spiro atoms. The predicted octanol–water partition coefficient (Wildman–Crippen LogP) is 4.09. The second kappa shape index (κ2) is 5.46. The van der Waals surface area contributed by atoms with Crippen LogP contribution in [0, 0.1) is 0 Å². The first-order valence-corrected chi connectivity index (χ1v) is 8.63. The maximum atomic E-state index is 5.95. The molecule has 0 saturated carbocycles. The topological polar surface area (TPSA) is 30.7 Å². The Balaban J connectivity index is 2.36. The summed E-state index contributed by atoms with van der Waals surface area (Å²) in [6.45, 7) is 6.65. The van der Waals surface area contributed by atoms with Gasteiger partial charge < -0.3 is 0 Å². The second-order valence-electron chi connectivity index (χ2n) is 5.22. The minimum atomic E-state index is 0.0495. The normalized spacial score (nSPS) is 13.6. The number of halogens is 2. The molecule has 2 aromatic rings. The van der Waals surface area contributed by atoms with Crippen molar-refractivity contribution in [1.82, 2.24) is 15.0 Å². The van der Waals surface area contributed by atoms with Gasteiger partial charge in [-0.05, 0) is 54.9 Å². The molecule has 0 radical (unpaired) electrons. The highest BCUT2D eigenvalue weighted by Gasteiger charge is 2.34. The van der Waals surface area contributed by atoms with Gasteiger partial charge in [-0.25, -0.2) is 4.68 Å². The third kappa shape index (κ3) is 3.33. The van der Waals surface area contributed by atoms with Gasteiger partial charge in [0.1, 0.15) is 17.2 Å². The standard InChI is InChI=1S/C13H16BrClN3S/c1-13(2,3)19(4)12-8-18(17-16-12)11-6-5-9(15)7-10(11)14/h5-8H,1-4H3/q+1. The lowest BCUT2D eigenvalue weighted by atomic mass is 10.3. The number of nitrogens with zero attached hydrogens (tertiary/aromatic N) is 3. The Bertz CT molecular complexity index is 592. The number of benzene rings is 1. The molecular formula is C13H16BrClN3S+. The van der Waals surface area contributed by atoms with E-state index in [0.29, 0.717) is 5.02 Å². The van der Waals surface area contributed by atoms with Gasteiger partial charge in [0.15, 0.2) is 0 Å². The summed E-state index contributed by atoms with van der Waals surface area (Å²) < 4.78 is 2.88. The summed E-state index contributed by atoms with van der Waals surface area (Å²) in [5, 5.41) is 10.2. The molecular weight excluding hydrogens is 346 g/mol.